The molecule has 2 N–H and O–H groups in total. The van der Waals surface area contributed by atoms with E-state index in [1.54, 1.807) is 7.11 Å². The van der Waals surface area contributed by atoms with Gasteiger partial charge in [-0.05, 0) is 36.8 Å². The lowest BCUT2D eigenvalue weighted by atomic mass is 9.83. The minimum absolute atomic E-state index is 0.0530. The zero-order chi connectivity index (χ0) is 13.8. The van der Waals surface area contributed by atoms with Crippen LogP contribution in [0.5, 0.6) is 5.75 Å². The van der Waals surface area contributed by atoms with Crippen LogP contribution in [0.2, 0.25) is 0 Å². The summed E-state index contributed by atoms with van der Waals surface area (Å²) in [6.45, 7) is 0.657. The molecule has 0 spiro atoms. The van der Waals surface area contributed by atoms with Crippen molar-refractivity contribution in [3.05, 3.63) is 16.3 Å². The SMILES string of the molecule is COc1ccsc1C(=O)N(C)C1CCCCC1CN. The van der Waals surface area contributed by atoms with Crippen molar-refractivity contribution in [2.75, 3.05) is 20.7 Å². The van der Waals surface area contributed by atoms with Gasteiger partial charge in [-0.1, -0.05) is 12.8 Å². The second kappa shape index (κ2) is 6.39. The highest BCUT2D eigenvalue weighted by atomic mass is 32.1. The second-order valence-corrected chi connectivity index (χ2v) is 6.00. The topological polar surface area (TPSA) is 55.6 Å². The zero-order valence-electron chi connectivity index (χ0n) is 11.6. The predicted molar refractivity (Wildman–Crippen MR) is 77.8 cm³/mol. The fourth-order valence-corrected chi connectivity index (χ4v) is 3.74. The number of hydrogen-bond acceptors (Lipinski definition) is 4. The van der Waals surface area contributed by atoms with Gasteiger partial charge in [-0.15, -0.1) is 11.3 Å². The molecule has 1 saturated carbocycles. The van der Waals surface area contributed by atoms with E-state index in [-0.39, 0.29) is 11.9 Å². The average Bonchev–Trinajstić information content (AvgIpc) is 2.94. The molecule has 0 aliphatic heterocycles. The third kappa shape index (κ3) is 2.92. The molecule has 0 saturated heterocycles. The third-order valence-electron chi connectivity index (χ3n) is 4.03. The fourth-order valence-electron chi connectivity index (χ4n) is 2.90. The van der Waals surface area contributed by atoms with E-state index in [0.717, 1.165) is 12.8 Å². The molecule has 1 aromatic heterocycles. The van der Waals surface area contributed by atoms with Crippen molar-refractivity contribution >= 4 is 17.2 Å². The lowest BCUT2D eigenvalue weighted by molar-refractivity contribution is 0.0622. The smallest absolute Gasteiger partial charge is 0.267 e. The summed E-state index contributed by atoms with van der Waals surface area (Å²) in [6.07, 6.45) is 4.58. The van der Waals surface area contributed by atoms with Gasteiger partial charge in [-0.25, -0.2) is 0 Å². The molecule has 1 fully saturated rings. The Morgan fingerprint density at radius 3 is 2.95 bits per heavy atom. The fraction of sp³-hybridized carbons (Fsp3) is 0.643. The van der Waals surface area contributed by atoms with Gasteiger partial charge in [0.1, 0.15) is 10.6 Å². The van der Waals surface area contributed by atoms with Gasteiger partial charge in [0.2, 0.25) is 0 Å². The van der Waals surface area contributed by atoms with E-state index in [0.29, 0.717) is 23.1 Å². The monoisotopic (exact) mass is 282 g/mol. The molecule has 106 valence electrons. The maximum atomic E-state index is 12.6. The van der Waals surface area contributed by atoms with Gasteiger partial charge in [0.05, 0.1) is 7.11 Å². The number of nitrogens with zero attached hydrogens (tertiary/aromatic N) is 1. The summed E-state index contributed by atoms with van der Waals surface area (Å²) in [5.41, 5.74) is 5.85. The highest BCUT2D eigenvalue weighted by Crippen LogP contribution is 2.31. The maximum absolute atomic E-state index is 12.6. The van der Waals surface area contributed by atoms with E-state index in [1.807, 2.05) is 23.4 Å². The van der Waals surface area contributed by atoms with Crippen molar-refractivity contribution in [2.45, 2.75) is 31.7 Å². The Bertz CT molecular complexity index is 433. The summed E-state index contributed by atoms with van der Waals surface area (Å²) in [5.74, 6) is 1.15. The van der Waals surface area contributed by atoms with Crippen LogP contribution in [0, 0.1) is 5.92 Å². The minimum Gasteiger partial charge on any atom is -0.495 e. The number of hydrogen-bond donors (Lipinski definition) is 1. The zero-order valence-corrected chi connectivity index (χ0v) is 12.4. The second-order valence-electron chi connectivity index (χ2n) is 5.08. The molecule has 1 aliphatic rings. The molecule has 1 aromatic rings. The van der Waals surface area contributed by atoms with Crippen LogP contribution in [0.25, 0.3) is 0 Å². The van der Waals surface area contributed by atoms with Gasteiger partial charge < -0.3 is 15.4 Å². The molecular weight excluding hydrogens is 260 g/mol. The molecule has 0 aromatic carbocycles. The quantitative estimate of drug-likeness (QED) is 0.922. The summed E-state index contributed by atoms with van der Waals surface area (Å²) >= 11 is 1.44. The summed E-state index contributed by atoms with van der Waals surface area (Å²) in [6, 6.07) is 2.10. The molecule has 1 amide bonds. The van der Waals surface area contributed by atoms with Gasteiger partial charge in [0, 0.05) is 13.1 Å². The van der Waals surface area contributed by atoms with Crippen molar-refractivity contribution in [3.8, 4) is 5.75 Å². The average molecular weight is 282 g/mol. The largest absolute Gasteiger partial charge is 0.495 e. The third-order valence-corrected chi connectivity index (χ3v) is 4.92. The molecule has 1 aliphatic carbocycles. The normalized spacial score (nSPS) is 23.1. The van der Waals surface area contributed by atoms with Crippen molar-refractivity contribution in [1.29, 1.82) is 0 Å². The number of methoxy groups -OCH3 is 1. The molecule has 4 nitrogen and oxygen atoms in total. The number of carbonyl (C=O) groups excluding carboxylic acids is 1. The highest BCUT2D eigenvalue weighted by Gasteiger charge is 2.31. The number of carbonyl (C=O) groups is 1. The van der Waals surface area contributed by atoms with Gasteiger partial charge in [-0.2, -0.15) is 0 Å². The summed E-state index contributed by atoms with van der Waals surface area (Å²) in [5, 5.41) is 1.89. The van der Waals surface area contributed by atoms with Crippen LogP contribution in [0.3, 0.4) is 0 Å². The molecule has 2 atom stereocenters. The summed E-state index contributed by atoms with van der Waals surface area (Å²) < 4.78 is 5.24. The number of thiophene rings is 1. The van der Waals surface area contributed by atoms with E-state index < -0.39 is 0 Å². The first-order chi connectivity index (χ1) is 9.19. The molecule has 0 bridgehead atoms. The Hall–Kier alpha value is -1.07. The van der Waals surface area contributed by atoms with Gasteiger partial charge in [-0.3, -0.25) is 4.79 Å². The first kappa shape index (κ1) is 14.3. The first-order valence-electron chi connectivity index (χ1n) is 6.77. The molecule has 0 radical (unpaired) electrons. The van der Waals surface area contributed by atoms with Crippen molar-refractivity contribution in [1.82, 2.24) is 4.90 Å². The van der Waals surface area contributed by atoms with E-state index in [9.17, 15) is 4.79 Å². The van der Waals surface area contributed by atoms with Gasteiger partial charge in [0.15, 0.2) is 0 Å². The Labute approximate surface area is 118 Å². The first-order valence-corrected chi connectivity index (χ1v) is 7.65. The van der Waals surface area contributed by atoms with Crippen LogP contribution in [0.15, 0.2) is 11.4 Å². The van der Waals surface area contributed by atoms with E-state index in [1.165, 1.54) is 24.2 Å². The molecule has 19 heavy (non-hydrogen) atoms. The lowest BCUT2D eigenvalue weighted by Gasteiger charge is -2.37. The van der Waals surface area contributed by atoms with Gasteiger partial charge in [0.25, 0.3) is 5.91 Å². The Morgan fingerprint density at radius 1 is 1.53 bits per heavy atom. The number of ether oxygens (including phenoxy) is 1. The standard InChI is InChI=1S/C14H22N2O2S/c1-16(11-6-4-3-5-10(11)9-15)14(17)13-12(18-2)7-8-19-13/h7-8,10-11H,3-6,9,15H2,1-2H3. The van der Waals surface area contributed by atoms with Crippen LogP contribution in [-0.2, 0) is 0 Å². The number of amides is 1. The highest BCUT2D eigenvalue weighted by molar-refractivity contribution is 7.12. The van der Waals surface area contributed by atoms with E-state index in [2.05, 4.69) is 0 Å². The summed E-state index contributed by atoms with van der Waals surface area (Å²) in [7, 11) is 3.49. The summed E-state index contributed by atoms with van der Waals surface area (Å²) in [4.78, 5) is 15.1. The lowest BCUT2D eigenvalue weighted by Crippen LogP contribution is -2.45. The van der Waals surface area contributed by atoms with Crippen LogP contribution in [0.4, 0.5) is 0 Å². The Kier molecular flexibility index (Phi) is 4.82. The van der Waals surface area contributed by atoms with E-state index in [4.69, 9.17) is 10.5 Å². The molecule has 5 heteroatoms. The van der Waals surface area contributed by atoms with Crippen molar-refractivity contribution in [2.24, 2.45) is 11.7 Å². The van der Waals surface area contributed by atoms with Crippen LogP contribution in [0.1, 0.15) is 35.4 Å². The number of rotatable bonds is 4. The molecule has 2 rings (SSSR count). The van der Waals surface area contributed by atoms with Crippen LogP contribution < -0.4 is 10.5 Å². The van der Waals surface area contributed by atoms with Gasteiger partial charge >= 0.3 is 0 Å². The van der Waals surface area contributed by atoms with E-state index >= 15 is 0 Å². The molecule has 1 heterocycles. The minimum atomic E-state index is 0.0530. The van der Waals surface area contributed by atoms with Crippen molar-refractivity contribution in [3.63, 3.8) is 0 Å². The maximum Gasteiger partial charge on any atom is 0.267 e. The predicted octanol–water partition coefficient (Wildman–Crippen LogP) is 2.35. The Morgan fingerprint density at radius 2 is 2.26 bits per heavy atom. The van der Waals surface area contributed by atoms with Crippen LogP contribution in [-0.4, -0.2) is 37.6 Å². The number of nitrogens with two attached hydrogens (primary N) is 1. The van der Waals surface area contributed by atoms with Crippen LogP contribution >= 0.6 is 11.3 Å². The molecule has 2 unspecified atom stereocenters. The Balaban J connectivity index is 2.14. The van der Waals surface area contributed by atoms with Crippen molar-refractivity contribution < 1.29 is 9.53 Å². The molecular formula is C14H22N2O2S.